The predicted molar refractivity (Wildman–Crippen MR) is 117 cm³/mol. The number of nitrogens with zero attached hydrogens (tertiary/aromatic N) is 1. The molecule has 0 radical (unpaired) electrons. The van der Waals surface area contributed by atoms with Crippen molar-refractivity contribution in [2.45, 2.75) is 24.4 Å². The van der Waals surface area contributed by atoms with Crippen LogP contribution in [0.1, 0.15) is 0 Å². The molecule has 4 atom stereocenters. The largest absolute Gasteiger partial charge is 0.470 e. The Hall–Kier alpha value is -3.19. The first kappa shape index (κ1) is 18.6. The standard InChI is InChI=1S/C25H22N2O4/c28-21-13-29-25-22(14-30-24(21)25)31-23-12-20-19(27-23)11-10-18(26-20)17-8-6-16(7-9-17)15-4-2-1-3-5-15/h1-12,21-22,24-25,27-28H,13-14H2/t21-,22-,24?,25?/m1/s1. The highest BCUT2D eigenvalue weighted by molar-refractivity contribution is 5.81. The number of fused-ring (bicyclic) bond motifs is 2. The van der Waals surface area contributed by atoms with E-state index in [0.717, 1.165) is 22.3 Å². The van der Waals surface area contributed by atoms with Crippen LogP contribution in [-0.4, -0.2) is 52.7 Å². The number of ether oxygens (including phenoxy) is 3. The van der Waals surface area contributed by atoms with Crippen molar-refractivity contribution >= 4 is 11.0 Å². The number of aliphatic hydroxyl groups excluding tert-OH is 1. The number of aromatic nitrogens is 2. The lowest BCUT2D eigenvalue weighted by molar-refractivity contribution is 0.00794. The summed E-state index contributed by atoms with van der Waals surface area (Å²) in [5.74, 6) is 0.623. The molecule has 2 aliphatic rings. The van der Waals surface area contributed by atoms with Gasteiger partial charge >= 0.3 is 0 Å². The maximum atomic E-state index is 9.89. The van der Waals surface area contributed by atoms with Gasteiger partial charge in [0.25, 0.3) is 0 Å². The van der Waals surface area contributed by atoms with Crippen molar-refractivity contribution in [3.05, 3.63) is 72.8 Å². The summed E-state index contributed by atoms with van der Waals surface area (Å²) in [5.41, 5.74) is 6.08. The van der Waals surface area contributed by atoms with E-state index in [2.05, 4.69) is 41.4 Å². The van der Waals surface area contributed by atoms with Gasteiger partial charge in [0, 0.05) is 11.6 Å². The average Bonchev–Trinajstić information content (AvgIpc) is 3.51. The normalized spacial score (nSPS) is 25.1. The zero-order valence-corrected chi connectivity index (χ0v) is 16.8. The summed E-state index contributed by atoms with van der Waals surface area (Å²) < 4.78 is 17.4. The second-order valence-corrected chi connectivity index (χ2v) is 8.03. The predicted octanol–water partition coefficient (Wildman–Crippen LogP) is 3.80. The first-order valence-corrected chi connectivity index (χ1v) is 10.5. The Morgan fingerprint density at radius 2 is 1.58 bits per heavy atom. The molecule has 6 heteroatoms. The number of H-pyrrole nitrogens is 1. The van der Waals surface area contributed by atoms with E-state index in [9.17, 15) is 5.11 Å². The number of aromatic amines is 1. The molecule has 0 bridgehead atoms. The van der Waals surface area contributed by atoms with Gasteiger partial charge in [-0.15, -0.1) is 0 Å². The van der Waals surface area contributed by atoms with Crippen molar-refractivity contribution in [2.24, 2.45) is 0 Å². The highest BCUT2D eigenvalue weighted by Gasteiger charge is 2.48. The maximum absolute atomic E-state index is 9.89. The van der Waals surface area contributed by atoms with Gasteiger partial charge in [0.2, 0.25) is 0 Å². The molecule has 0 amide bonds. The topological polar surface area (TPSA) is 76.6 Å². The molecule has 0 aliphatic carbocycles. The fourth-order valence-electron chi connectivity index (χ4n) is 4.38. The lowest BCUT2D eigenvalue weighted by Crippen LogP contribution is -2.34. The van der Waals surface area contributed by atoms with Gasteiger partial charge in [0.15, 0.2) is 12.0 Å². The third-order valence-corrected chi connectivity index (χ3v) is 6.00. The Morgan fingerprint density at radius 3 is 2.42 bits per heavy atom. The number of rotatable bonds is 4. The molecule has 4 heterocycles. The van der Waals surface area contributed by atoms with Gasteiger partial charge in [0.05, 0.1) is 29.9 Å². The van der Waals surface area contributed by atoms with E-state index < -0.39 is 6.10 Å². The van der Waals surface area contributed by atoms with Crippen LogP contribution in [0.25, 0.3) is 33.4 Å². The summed E-state index contributed by atoms with van der Waals surface area (Å²) in [4.78, 5) is 8.07. The van der Waals surface area contributed by atoms with Crippen molar-refractivity contribution in [1.29, 1.82) is 0 Å². The van der Waals surface area contributed by atoms with Gasteiger partial charge in [0.1, 0.15) is 18.3 Å². The molecule has 31 heavy (non-hydrogen) atoms. The number of nitrogens with one attached hydrogen (secondary N) is 1. The van der Waals surface area contributed by atoms with Gasteiger partial charge in [-0.3, -0.25) is 0 Å². The third kappa shape index (κ3) is 3.39. The molecule has 0 spiro atoms. The van der Waals surface area contributed by atoms with Crippen LogP contribution in [0.4, 0.5) is 0 Å². The van der Waals surface area contributed by atoms with E-state index in [1.165, 1.54) is 11.1 Å². The third-order valence-electron chi connectivity index (χ3n) is 6.00. The lowest BCUT2D eigenvalue weighted by atomic mass is 10.0. The summed E-state index contributed by atoms with van der Waals surface area (Å²) in [6, 6.07) is 24.7. The Kier molecular flexibility index (Phi) is 4.49. The van der Waals surface area contributed by atoms with E-state index in [0.29, 0.717) is 12.5 Å². The minimum Gasteiger partial charge on any atom is -0.470 e. The first-order valence-electron chi connectivity index (χ1n) is 10.5. The summed E-state index contributed by atoms with van der Waals surface area (Å²) in [6.07, 6.45) is -1.38. The Morgan fingerprint density at radius 1 is 0.839 bits per heavy atom. The van der Waals surface area contributed by atoms with E-state index in [4.69, 9.17) is 19.2 Å². The highest BCUT2D eigenvalue weighted by atomic mass is 16.6. The SMILES string of the molecule is O[C@@H]1COC2C1OC[C@H]2Oc1cc2nc(-c3ccc(-c4ccccc4)cc3)ccc2[nH]1. The van der Waals surface area contributed by atoms with Crippen LogP contribution >= 0.6 is 0 Å². The number of hydrogen-bond donors (Lipinski definition) is 2. The van der Waals surface area contributed by atoms with Crippen LogP contribution in [0.2, 0.25) is 0 Å². The van der Waals surface area contributed by atoms with E-state index in [-0.39, 0.29) is 24.9 Å². The second kappa shape index (κ2) is 7.50. The summed E-state index contributed by atoms with van der Waals surface area (Å²) in [5, 5.41) is 9.89. The molecule has 2 aromatic heterocycles. The lowest BCUT2D eigenvalue weighted by Gasteiger charge is -2.16. The van der Waals surface area contributed by atoms with Crippen LogP contribution in [0.5, 0.6) is 5.88 Å². The highest BCUT2D eigenvalue weighted by Crippen LogP contribution is 2.31. The molecule has 0 saturated carbocycles. The Bertz CT molecular complexity index is 1210. The van der Waals surface area contributed by atoms with Crippen molar-refractivity contribution in [1.82, 2.24) is 9.97 Å². The molecule has 6 nitrogen and oxygen atoms in total. The molecule has 156 valence electrons. The van der Waals surface area contributed by atoms with Crippen LogP contribution in [0.15, 0.2) is 72.8 Å². The molecule has 2 aliphatic heterocycles. The fourth-order valence-corrected chi connectivity index (χ4v) is 4.38. The van der Waals surface area contributed by atoms with Crippen molar-refractivity contribution < 1.29 is 19.3 Å². The zero-order valence-electron chi connectivity index (χ0n) is 16.8. The maximum Gasteiger partial charge on any atom is 0.193 e. The number of hydrogen-bond acceptors (Lipinski definition) is 5. The quantitative estimate of drug-likeness (QED) is 0.531. The van der Waals surface area contributed by atoms with E-state index >= 15 is 0 Å². The van der Waals surface area contributed by atoms with Gasteiger partial charge in [-0.25, -0.2) is 4.98 Å². The van der Waals surface area contributed by atoms with Crippen molar-refractivity contribution in [3.63, 3.8) is 0 Å². The molecular weight excluding hydrogens is 392 g/mol. The molecule has 2 saturated heterocycles. The van der Waals surface area contributed by atoms with Crippen LogP contribution < -0.4 is 4.74 Å². The smallest absolute Gasteiger partial charge is 0.193 e. The van der Waals surface area contributed by atoms with Crippen LogP contribution in [0.3, 0.4) is 0 Å². The van der Waals surface area contributed by atoms with Crippen LogP contribution in [0, 0.1) is 0 Å². The molecule has 2 fully saturated rings. The fraction of sp³-hybridized carbons (Fsp3) is 0.240. The number of pyridine rings is 1. The van der Waals surface area contributed by atoms with Crippen molar-refractivity contribution in [2.75, 3.05) is 13.2 Å². The average molecular weight is 414 g/mol. The summed E-state index contributed by atoms with van der Waals surface area (Å²) >= 11 is 0. The first-order chi connectivity index (χ1) is 15.2. The van der Waals surface area contributed by atoms with Gasteiger partial charge < -0.3 is 24.3 Å². The Balaban J connectivity index is 1.23. The molecule has 2 unspecified atom stereocenters. The van der Waals surface area contributed by atoms with Crippen LogP contribution in [-0.2, 0) is 9.47 Å². The summed E-state index contributed by atoms with van der Waals surface area (Å²) in [6.45, 7) is 0.685. The molecule has 2 aromatic carbocycles. The minimum atomic E-state index is -0.584. The van der Waals surface area contributed by atoms with Gasteiger partial charge in [-0.05, 0) is 23.3 Å². The van der Waals surface area contributed by atoms with Gasteiger partial charge in [-0.2, -0.15) is 0 Å². The monoisotopic (exact) mass is 414 g/mol. The van der Waals surface area contributed by atoms with Crippen molar-refractivity contribution in [3.8, 4) is 28.3 Å². The minimum absolute atomic E-state index is 0.243. The number of aliphatic hydroxyl groups is 1. The molecular formula is C25H22N2O4. The summed E-state index contributed by atoms with van der Waals surface area (Å²) in [7, 11) is 0. The molecule has 4 aromatic rings. The molecule has 6 rings (SSSR count). The van der Waals surface area contributed by atoms with Gasteiger partial charge in [-0.1, -0.05) is 54.6 Å². The number of benzene rings is 2. The van der Waals surface area contributed by atoms with E-state index in [1.54, 1.807) is 0 Å². The Labute approximate surface area is 179 Å². The zero-order chi connectivity index (χ0) is 20.8. The second-order valence-electron chi connectivity index (χ2n) is 8.03. The molecule has 2 N–H and O–H groups in total. The van der Waals surface area contributed by atoms with E-state index in [1.807, 2.05) is 36.4 Å².